The number of thiazole rings is 1. The molecule has 3 rings (SSSR count). The molecule has 1 atom stereocenters. The van der Waals surface area contributed by atoms with Crippen LogP contribution in [-0.2, 0) is 4.79 Å². The van der Waals surface area contributed by atoms with E-state index in [1.54, 1.807) is 11.8 Å². The fourth-order valence-electron chi connectivity index (χ4n) is 2.87. The lowest BCUT2D eigenvalue weighted by Gasteiger charge is -2.23. The van der Waals surface area contributed by atoms with E-state index in [0.29, 0.717) is 17.2 Å². The van der Waals surface area contributed by atoms with Gasteiger partial charge in [0.25, 0.3) is 5.91 Å². The Kier molecular flexibility index (Phi) is 5.79. The minimum Gasteiger partial charge on any atom is -0.494 e. The molecule has 1 fully saturated rings. The summed E-state index contributed by atoms with van der Waals surface area (Å²) in [6.07, 6.45) is 1.86. The minimum absolute atomic E-state index is 0.113. The summed E-state index contributed by atoms with van der Waals surface area (Å²) in [6, 6.07) is 7.80. The van der Waals surface area contributed by atoms with Crippen molar-refractivity contribution in [2.75, 3.05) is 13.2 Å². The Labute approximate surface area is 162 Å². The minimum atomic E-state index is -0.885. The fraction of sp³-hybridized carbons (Fsp3) is 0.450. The third-order valence-corrected chi connectivity index (χ3v) is 5.74. The third kappa shape index (κ3) is 4.47. The molecule has 2 aromatic rings. The van der Waals surface area contributed by atoms with Gasteiger partial charge in [0.15, 0.2) is 0 Å². The lowest BCUT2D eigenvalue weighted by Crippen LogP contribution is -2.38. The Morgan fingerprint density at radius 3 is 2.56 bits per heavy atom. The number of ether oxygens (including phenoxy) is 1. The number of hydrogen-bond acceptors (Lipinski definition) is 5. The van der Waals surface area contributed by atoms with Crippen molar-refractivity contribution in [2.24, 2.45) is 5.92 Å². The molecule has 6 nitrogen and oxygen atoms in total. The second-order valence-corrected chi connectivity index (χ2v) is 7.82. The van der Waals surface area contributed by atoms with Crippen LogP contribution in [0.25, 0.3) is 10.6 Å². The number of rotatable bonds is 8. The Bertz CT molecular complexity index is 827. The topological polar surface area (TPSA) is 79.7 Å². The molecular formula is C20H24N2O4S. The molecule has 1 aliphatic rings. The van der Waals surface area contributed by atoms with Crippen molar-refractivity contribution in [3.05, 3.63) is 34.8 Å². The monoisotopic (exact) mass is 388 g/mol. The summed E-state index contributed by atoms with van der Waals surface area (Å²) in [5, 5.41) is 9.97. The molecule has 1 saturated carbocycles. The van der Waals surface area contributed by atoms with Crippen molar-refractivity contribution >= 4 is 23.2 Å². The zero-order valence-electron chi connectivity index (χ0n) is 15.8. The SMILES string of the molecule is CCOc1ccc(-c2nc(C)c(C(=O)N(CC(C)C(=O)O)C3CC3)s2)cc1. The predicted molar refractivity (Wildman–Crippen MR) is 104 cm³/mol. The Morgan fingerprint density at radius 1 is 1.33 bits per heavy atom. The van der Waals surface area contributed by atoms with Crippen molar-refractivity contribution in [1.29, 1.82) is 0 Å². The highest BCUT2D eigenvalue weighted by molar-refractivity contribution is 7.17. The van der Waals surface area contributed by atoms with Crippen LogP contribution in [0, 0.1) is 12.8 Å². The van der Waals surface area contributed by atoms with E-state index in [4.69, 9.17) is 4.74 Å². The first-order valence-corrected chi connectivity index (χ1v) is 9.96. The van der Waals surface area contributed by atoms with Crippen molar-refractivity contribution in [3.8, 4) is 16.3 Å². The second kappa shape index (κ2) is 8.08. The van der Waals surface area contributed by atoms with Gasteiger partial charge in [-0.25, -0.2) is 4.98 Å². The first-order valence-electron chi connectivity index (χ1n) is 9.15. The van der Waals surface area contributed by atoms with E-state index in [2.05, 4.69) is 4.98 Å². The summed E-state index contributed by atoms with van der Waals surface area (Å²) in [4.78, 5) is 31.1. The number of aryl methyl sites for hydroxylation is 1. The highest BCUT2D eigenvalue weighted by Crippen LogP contribution is 2.34. The third-order valence-electron chi connectivity index (χ3n) is 4.54. The summed E-state index contributed by atoms with van der Waals surface area (Å²) >= 11 is 1.36. The molecule has 144 valence electrons. The number of aliphatic carboxylic acids is 1. The molecule has 0 radical (unpaired) electrons. The first-order chi connectivity index (χ1) is 12.9. The molecule has 0 aliphatic heterocycles. The van der Waals surface area contributed by atoms with Crippen LogP contribution in [0.5, 0.6) is 5.75 Å². The van der Waals surface area contributed by atoms with Crippen molar-refractivity contribution in [1.82, 2.24) is 9.88 Å². The number of amides is 1. The van der Waals surface area contributed by atoms with Crippen molar-refractivity contribution in [2.45, 2.75) is 39.7 Å². The summed E-state index contributed by atoms with van der Waals surface area (Å²) in [6.45, 7) is 6.24. The van der Waals surface area contributed by atoms with Gasteiger partial charge in [-0.1, -0.05) is 6.92 Å². The molecule has 0 bridgehead atoms. The van der Waals surface area contributed by atoms with Crippen LogP contribution in [0.3, 0.4) is 0 Å². The molecule has 1 aromatic carbocycles. The van der Waals surface area contributed by atoms with Crippen LogP contribution in [0.4, 0.5) is 0 Å². The average Bonchev–Trinajstić information content (AvgIpc) is 3.41. The molecule has 1 heterocycles. The van der Waals surface area contributed by atoms with E-state index in [9.17, 15) is 14.7 Å². The summed E-state index contributed by atoms with van der Waals surface area (Å²) < 4.78 is 5.46. The fourth-order valence-corrected chi connectivity index (χ4v) is 3.89. The van der Waals surface area contributed by atoms with Crippen LogP contribution in [0.15, 0.2) is 24.3 Å². The number of carboxylic acid groups (broad SMARTS) is 1. The highest BCUT2D eigenvalue weighted by atomic mass is 32.1. The van der Waals surface area contributed by atoms with Crippen LogP contribution in [0.2, 0.25) is 0 Å². The molecule has 1 unspecified atom stereocenters. The quantitative estimate of drug-likeness (QED) is 0.743. The number of benzene rings is 1. The summed E-state index contributed by atoms with van der Waals surface area (Å²) in [5.74, 6) is -0.788. The van der Waals surface area contributed by atoms with Gasteiger partial charge in [0.1, 0.15) is 15.6 Å². The zero-order valence-corrected chi connectivity index (χ0v) is 16.6. The number of carboxylic acids is 1. The molecule has 1 aliphatic carbocycles. The molecule has 27 heavy (non-hydrogen) atoms. The molecule has 1 amide bonds. The Hall–Kier alpha value is -2.41. The highest BCUT2D eigenvalue weighted by Gasteiger charge is 2.36. The van der Waals surface area contributed by atoms with E-state index in [-0.39, 0.29) is 18.5 Å². The number of carbonyl (C=O) groups is 2. The van der Waals surface area contributed by atoms with E-state index in [1.165, 1.54) is 11.3 Å². The molecular weight excluding hydrogens is 364 g/mol. The molecule has 1 aromatic heterocycles. The van der Waals surface area contributed by atoms with E-state index in [1.807, 2.05) is 38.1 Å². The van der Waals surface area contributed by atoms with E-state index in [0.717, 1.165) is 29.2 Å². The van der Waals surface area contributed by atoms with E-state index >= 15 is 0 Å². The molecule has 1 N–H and O–H groups in total. The van der Waals surface area contributed by atoms with Crippen LogP contribution >= 0.6 is 11.3 Å². The first kappa shape index (κ1) is 19.4. The number of aromatic nitrogens is 1. The maximum absolute atomic E-state index is 13.1. The number of carbonyl (C=O) groups excluding carboxylic acids is 1. The summed E-state index contributed by atoms with van der Waals surface area (Å²) in [7, 11) is 0. The molecule has 0 saturated heterocycles. The molecule has 0 spiro atoms. The number of hydrogen-bond donors (Lipinski definition) is 1. The van der Waals surface area contributed by atoms with Gasteiger partial charge in [0, 0.05) is 18.2 Å². The largest absolute Gasteiger partial charge is 0.494 e. The lowest BCUT2D eigenvalue weighted by molar-refractivity contribution is -0.141. The van der Waals surface area contributed by atoms with Crippen LogP contribution < -0.4 is 4.74 Å². The smallest absolute Gasteiger partial charge is 0.308 e. The van der Waals surface area contributed by atoms with Crippen molar-refractivity contribution in [3.63, 3.8) is 0 Å². The Balaban J connectivity index is 1.81. The standard InChI is InChI=1S/C20H24N2O4S/c1-4-26-16-9-5-14(6-10-16)18-21-13(3)17(27-18)19(23)22(15-7-8-15)11-12(2)20(24)25/h5-6,9-10,12,15H,4,7-8,11H2,1-3H3,(H,24,25). The van der Waals surface area contributed by atoms with Crippen LogP contribution in [0.1, 0.15) is 42.1 Å². The van der Waals surface area contributed by atoms with Gasteiger partial charge >= 0.3 is 5.97 Å². The van der Waals surface area contributed by atoms with Gasteiger partial charge in [-0.15, -0.1) is 11.3 Å². The van der Waals surface area contributed by atoms with Crippen LogP contribution in [-0.4, -0.2) is 46.1 Å². The van der Waals surface area contributed by atoms with E-state index < -0.39 is 11.9 Å². The van der Waals surface area contributed by atoms with Gasteiger partial charge in [0.2, 0.25) is 0 Å². The average molecular weight is 388 g/mol. The molecule has 7 heteroatoms. The number of nitrogens with zero attached hydrogens (tertiary/aromatic N) is 2. The normalized spacial score (nSPS) is 14.6. The van der Waals surface area contributed by atoms with Gasteiger partial charge in [-0.2, -0.15) is 0 Å². The second-order valence-electron chi connectivity index (χ2n) is 6.82. The maximum atomic E-state index is 13.1. The van der Waals surface area contributed by atoms with Gasteiger partial charge in [0.05, 0.1) is 18.2 Å². The van der Waals surface area contributed by atoms with Gasteiger partial charge < -0.3 is 14.7 Å². The van der Waals surface area contributed by atoms with Gasteiger partial charge in [-0.05, 0) is 51.0 Å². The predicted octanol–water partition coefficient (Wildman–Crippen LogP) is 3.84. The Morgan fingerprint density at radius 2 is 2.00 bits per heavy atom. The zero-order chi connectivity index (χ0) is 19.6. The van der Waals surface area contributed by atoms with Gasteiger partial charge in [-0.3, -0.25) is 9.59 Å². The maximum Gasteiger partial charge on any atom is 0.308 e. The summed E-state index contributed by atoms with van der Waals surface area (Å²) in [5.41, 5.74) is 1.62. The van der Waals surface area contributed by atoms with Crippen molar-refractivity contribution < 1.29 is 19.4 Å². The lowest BCUT2D eigenvalue weighted by atomic mass is 10.1.